The molecule has 0 N–H and O–H groups in total. The van der Waals surface area contributed by atoms with Gasteiger partial charge in [-0.2, -0.15) is 0 Å². The number of para-hydroxylation sites is 4. The van der Waals surface area contributed by atoms with Gasteiger partial charge < -0.3 is 13.7 Å². The van der Waals surface area contributed by atoms with E-state index in [1.165, 1.54) is 4.57 Å². The summed E-state index contributed by atoms with van der Waals surface area (Å²) in [5, 5.41) is 5.47. The fraction of sp³-hybridized carbons (Fsp3) is 0. The number of aromatic nitrogens is 3. The van der Waals surface area contributed by atoms with Crippen LogP contribution in [0.4, 0.5) is 30.7 Å². The Kier molecular flexibility index (Phi) is 7.22. The largest absolute Gasteiger partial charge is 0.309 e. The molecule has 0 bridgehead atoms. The van der Waals surface area contributed by atoms with Gasteiger partial charge in [0.15, 0.2) is 34.9 Å². The molecule has 11 aromatic rings. The summed E-state index contributed by atoms with van der Waals surface area (Å²) < 4.78 is 111. The normalized spacial score (nSPS) is 12.1. The van der Waals surface area contributed by atoms with E-state index >= 15 is 8.78 Å². The third-order valence-corrected chi connectivity index (χ3v) is 11.1. The topological polar surface area (TPSA) is 14.8 Å². The van der Waals surface area contributed by atoms with Gasteiger partial charge in [-0.1, -0.05) is 72.8 Å². The molecule has 58 heavy (non-hydrogen) atoms. The molecule has 280 valence electrons. The highest BCUT2D eigenvalue weighted by molar-refractivity contribution is 6.14. The Bertz CT molecular complexity index is 3230. The Morgan fingerprint density at radius 3 is 1.00 bits per heavy atom. The second-order valence-electron chi connectivity index (χ2n) is 14.2. The zero-order valence-electron chi connectivity index (χ0n) is 29.8. The molecule has 0 saturated heterocycles. The molecule has 0 spiro atoms. The van der Waals surface area contributed by atoms with Crippen LogP contribution in [0, 0.1) is 40.7 Å². The first-order valence-corrected chi connectivity index (χ1v) is 18.3. The third kappa shape index (κ3) is 4.62. The summed E-state index contributed by atoms with van der Waals surface area (Å²) in [5.41, 5.74) is 3.32. The van der Waals surface area contributed by atoms with E-state index in [4.69, 9.17) is 0 Å². The van der Waals surface area contributed by atoms with Crippen molar-refractivity contribution >= 4 is 65.4 Å². The number of nitrogens with zero attached hydrogens (tertiary/aromatic N) is 3. The zero-order valence-corrected chi connectivity index (χ0v) is 29.8. The monoisotopic (exact) mass is 775 g/mol. The van der Waals surface area contributed by atoms with Gasteiger partial charge >= 0.3 is 0 Å². The van der Waals surface area contributed by atoms with Crippen LogP contribution in [0.15, 0.2) is 146 Å². The van der Waals surface area contributed by atoms with Gasteiger partial charge in [0, 0.05) is 43.7 Å². The molecule has 0 aliphatic rings. The van der Waals surface area contributed by atoms with Crippen molar-refractivity contribution in [2.75, 3.05) is 0 Å². The first-order valence-electron chi connectivity index (χ1n) is 18.3. The third-order valence-electron chi connectivity index (χ3n) is 11.1. The lowest BCUT2D eigenvalue weighted by Gasteiger charge is -2.14. The average molecular weight is 776 g/mol. The molecule has 0 aliphatic carbocycles. The molecule has 3 aromatic heterocycles. The SMILES string of the molecule is Fc1cc(-c2c(F)c(F)c(F)c(F)c2F)cc(F)c1-n1c2ccc(-n3c4ccccc4c4ccccc43)cc2c2cc(-n3c4ccccc4c4ccccc43)ccc21. The minimum Gasteiger partial charge on any atom is -0.309 e. The van der Waals surface area contributed by atoms with Crippen LogP contribution in [-0.4, -0.2) is 13.7 Å². The fourth-order valence-electron chi connectivity index (χ4n) is 8.70. The first kappa shape index (κ1) is 34.0. The molecule has 3 heterocycles. The van der Waals surface area contributed by atoms with E-state index in [2.05, 4.69) is 33.4 Å². The van der Waals surface area contributed by atoms with Gasteiger partial charge in [-0.3, -0.25) is 0 Å². The number of hydrogen-bond acceptors (Lipinski definition) is 0. The summed E-state index contributed by atoms with van der Waals surface area (Å²) in [7, 11) is 0. The maximum absolute atomic E-state index is 16.5. The van der Waals surface area contributed by atoms with Gasteiger partial charge in [-0.25, -0.2) is 30.7 Å². The van der Waals surface area contributed by atoms with E-state index in [0.29, 0.717) is 33.9 Å². The molecule has 0 unspecified atom stereocenters. The van der Waals surface area contributed by atoms with Gasteiger partial charge in [-0.05, 0) is 78.4 Å². The van der Waals surface area contributed by atoms with E-state index in [1.807, 2.05) is 97.1 Å². The first-order chi connectivity index (χ1) is 28.2. The number of benzene rings is 8. The standard InChI is InChI=1S/C48H24F7N3/c49-34-21-25(42-43(51)45(53)47(55)46(54)44(42)52)22-35(50)48(34)58-40-19-17-26(56-36-13-5-1-9-28(36)29-10-2-6-14-37(29)56)23-32(40)33-24-27(18-20-41(33)58)57-38-15-7-3-11-30(38)31-12-4-8-16-39(31)57/h1-24H. The van der Waals surface area contributed by atoms with Gasteiger partial charge in [0.2, 0.25) is 5.82 Å². The molecule has 11 rings (SSSR count). The van der Waals surface area contributed by atoms with Crippen LogP contribution >= 0.6 is 0 Å². The molecule has 0 atom stereocenters. The van der Waals surface area contributed by atoms with Crippen molar-refractivity contribution in [3.05, 3.63) is 186 Å². The summed E-state index contributed by atoms with van der Waals surface area (Å²) in [6.07, 6.45) is 0. The van der Waals surface area contributed by atoms with E-state index < -0.39 is 57.5 Å². The van der Waals surface area contributed by atoms with Gasteiger partial charge in [-0.15, -0.1) is 0 Å². The van der Waals surface area contributed by atoms with E-state index in [-0.39, 0.29) is 0 Å². The molecule has 0 fully saturated rings. The summed E-state index contributed by atoms with van der Waals surface area (Å²) in [5.74, 6) is -13.8. The zero-order chi connectivity index (χ0) is 39.6. The van der Waals surface area contributed by atoms with Gasteiger partial charge in [0.05, 0.1) is 38.7 Å². The van der Waals surface area contributed by atoms with Crippen molar-refractivity contribution < 1.29 is 30.7 Å². The van der Waals surface area contributed by atoms with Crippen molar-refractivity contribution in [1.82, 2.24) is 13.7 Å². The highest BCUT2D eigenvalue weighted by Gasteiger charge is 2.29. The lowest BCUT2D eigenvalue weighted by Crippen LogP contribution is -2.06. The van der Waals surface area contributed by atoms with Crippen molar-refractivity contribution in [2.24, 2.45) is 0 Å². The molecule has 0 saturated carbocycles. The van der Waals surface area contributed by atoms with Crippen LogP contribution in [0.1, 0.15) is 0 Å². The Balaban J connectivity index is 1.21. The van der Waals surface area contributed by atoms with Crippen LogP contribution < -0.4 is 0 Å². The quantitative estimate of drug-likeness (QED) is 0.0961. The van der Waals surface area contributed by atoms with Gasteiger partial charge in [0.25, 0.3) is 0 Å². The second-order valence-corrected chi connectivity index (χ2v) is 14.2. The molecule has 0 radical (unpaired) electrons. The van der Waals surface area contributed by atoms with Crippen LogP contribution in [0.2, 0.25) is 0 Å². The van der Waals surface area contributed by atoms with E-state index in [1.54, 1.807) is 12.1 Å². The molecular weight excluding hydrogens is 752 g/mol. The highest BCUT2D eigenvalue weighted by atomic mass is 19.2. The van der Waals surface area contributed by atoms with Crippen molar-refractivity contribution in [3.8, 4) is 28.2 Å². The fourth-order valence-corrected chi connectivity index (χ4v) is 8.70. The highest BCUT2D eigenvalue weighted by Crippen LogP contribution is 2.41. The predicted octanol–water partition coefficient (Wildman–Crippen LogP) is 13.6. The summed E-state index contributed by atoms with van der Waals surface area (Å²) in [6.45, 7) is 0. The Hall–Kier alpha value is -7.33. The Morgan fingerprint density at radius 1 is 0.293 bits per heavy atom. The van der Waals surface area contributed by atoms with Crippen LogP contribution in [0.3, 0.4) is 0 Å². The average Bonchev–Trinajstić information content (AvgIpc) is 3.87. The minimum absolute atomic E-state index is 0.403. The number of rotatable bonds is 4. The lowest BCUT2D eigenvalue weighted by atomic mass is 10.0. The lowest BCUT2D eigenvalue weighted by molar-refractivity contribution is 0.381. The Morgan fingerprint density at radius 2 is 0.621 bits per heavy atom. The Labute approximate surface area is 323 Å². The van der Waals surface area contributed by atoms with Crippen molar-refractivity contribution in [1.29, 1.82) is 0 Å². The van der Waals surface area contributed by atoms with Gasteiger partial charge in [0.1, 0.15) is 5.69 Å². The number of halogens is 7. The molecule has 8 aromatic carbocycles. The van der Waals surface area contributed by atoms with Crippen LogP contribution in [0.5, 0.6) is 0 Å². The molecule has 0 aliphatic heterocycles. The smallest absolute Gasteiger partial charge is 0.200 e. The minimum atomic E-state index is -2.37. The predicted molar refractivity (Wildman–Crippen MR) is 215 cm³/mol. The second kappa shape index (κ2) is 12.3. The van der Waals surface area contributed by atoms with Crippen LogP contribution in [0.25, 0.3) is 93.6 Å². The summed E-state index contributed by atoms with van der Waals surface area (Å²) in [4.78, 5) is 0. The molecular formula is C48H24F7N3. The van der Waals surface area contributed by atoms with Crippen molar-refractivity contribution in [2.45, 2.75) is 0 Å². The van der Waals surface area contributed by atoms with E-state index in [0.717, 1.165) is 55.0 Å². The van der Waals surface area contributed by atoms with E-state index in [9.17, 15) is 22.0 Å². The summed E-state index contributed by atoms with van der Waals surface area (Å²) >= 11 is 0. The molecule has 10 heteroatoms. The maximum atomic E-state index is 16.5. The maximum Gasteiger partial charge on any atom is 0.200 e. The number of hydrogen-bond donors (Lipinski definition) is 0. The number of fused-ring (bicyclic) bond motifs is 9. The van der Waals surface area contributed by atoms with Crippen molar-refractivity contribution in [3.63, 3.8) is 0 Å². The van der Waals surface area contributed by atoms with Crippen LogP contribution in [-0.2, 0) is 0 Å². The molecule has 0 amide bonds. The summed E-state index contributed by atoms with van der Waals surface area (Å²) in [6, 6.07) is 44.4. The molecule has 3 nitrogen and oxygen atoms in total.